The molecule has 0 aromatic heterocycles. The Balaban J connectivity index is 0.00000208. The van der Waals surface area contributed by atoms with Crippen molar-refractivity contribution in [1.82, 2.24) is 4.90 Å². The molecule has 0 spiro atoms. The zero-order valence-corrected chi connectivity index (χ0v) is 15.1. The van der Waals surface area contributed by atoms with Crippen molar-refractivity contribution < 1.29 is 14.3 Å². The van der Waals surface area contributed by atoms with E-state index in [1.807, 2.05) is 31.3 Å². The van der Waals surface area contributed by atoms with Gasteiger partial charge in [0, 0.05) is 13.1 Å². The molecule has 2 bridgehead atoms. The molecule has 2 aliphatic carbocycles. The number of rotatable bonds is 6. The van der Waals surface area contributed by atoms with Crippen molar-refractivity contribution in [3.05, 3.63) is 24.3 Å². The van der Waals surface area contributed by atoms with Gasteiger partial charge in [0.05, 0.1) is 19.6 Å². The predicted molar refractivity (Wildman–Crippen MR) is 95.7 cm³/mol. The van der Waals surface area contributed by atoms with Crippen molar-refractivity contribution in [3.63, 3.8) is 0 Å². The third-order valence-electron chi connectivity index (χ3n) is 5.40. The maximum absolute atomic E-state index is 12.7. The molecule has 6 heteroatoms. The number of para-hydroxylation sites is 2. The fraction of sp³-hybridized carbons (Fsp3) is 0.611. The molecule has 4 unspecified atom stereocenters. The maximum Gasteiger partial charge on any atom is 0.227 e. The van der Waals surface area contributed by atoms with E-state index in [1.54, 1.807) is 12.0 Å². The van der Waals surface area contributed by atoms with E-state index in [9.17, 15) is 4.79 Å². The molecule has 2 N–H and O–H groups in total. The third kappa shape index (κ3) is 3.62. The van der Waals surface area contributed by atoms with Gasteiger partial charge in [-0.2, -0.15) is 0 Å². The minimum atomic E-state index is 0. The lowest BCUT2D eigenvalue weighted by Crippen LogP contribution is -2.46. The Kier molecular flexibility index (Phi) is 6.35. The number of nitrogens with two attached hydrogens (primary N) is 1. The van der Waals surface area contributed by atoms with Gasteiger partial charge >= 0.3 is 0 Å². The predicted octanol–water partition coefficient (Wildman–Crippen LogP) is 2.33. The van der Waals surface area contributed by atoms with Gasteiger partial charge in [-0.05, 0) is 43.2 Å². The van der Waals surface area contributed by atoms with Crippen molar-refractivity contribution >= 4 is 18.3 Å². The van der Waals surface area contributed by atoms with E-state index in [1.165, 1.54) is 6.42 Å². The first-order chi connectivity index (χ1) is 11.1. The number of methoxy groups -OCH3 is 1. The van der Waals surface area contributed by atoms with Crippen LogP contribution in [0.25, 0.3) is 0 Å². The number of benzene rings is 1. The van der Waals surface area contributed by atoms with E-state index in [0.717, 1.165) is 12.8 Å². The molecule has 1 amide bonds. The number of hydrogen-bond donors (Lipinski definition) is 1. The molecule has 0 radical (unpaired) electrons. The van der Waals surface area contributed by atoms with Crippen molar-refractivity contribution in [1.29, 1.82) is 0 Å². The molecule has 1 aromatic rings. The van der Waals surface area contributed by atoms with Gasteiger partial charge in [0.15, 0.2) is 11.5 Å². The summed E-state index contributed by atoms with van der Waals surface area (Å²) >= 11 is 0. The molecule has 5 nitrogen and oxygen atoms in total. The van der Waals surface area contributed by atoms with Crippen LogP contribution in [0.3, 0.4) is 0 Å². The molecule has 2 fully saturated rings. The van der Waals surface area contributed by atoms with Crippen LogP contribution in [-0.2, 0) is 4.79 Å². The van der Waals surface area contributed by atoms with Crippen LogP contribution >= 0.6 is 12.4 Å². The Bertz CT molecular complexity index is 567. The smallest absolute Gasteiger partial charge is 0.227 e. The Morgan fingerprint density at radius 1 is 1.25 bits per heavy atom. The first kappa shape index (κ1) is 18.9. The molecule has 3 rings (SSSR count). The molecule has 0 aliphatic heterocycles. The number of likely N-dealkylation sites (N-methyl/N-ethyl adjacent to an activating group) is 1. The fourth-order valence-corrected chi connectivity index (χ4v) is 4.10. The summed E-state index contributed by atoms with van der Waals surface area (Å²) in [7, 11) is 3.46. The lowest BCUT2D eigenvalue weighted by Gasteiger charge is -2.30. The molecule has 2 aliphatic rings. The highest BCUT2D eigenvalue weighted by Crippen LogP contribution is 2.48. The summed E-state index contributed by atoms with van der Waals surface area (Å²) in [4.78, 5) is 14.4. The zero-order chi connectivity index (χ0) is 16.4. The van der Waals surface area contributed by atoms with Crippen LogP contribution in [0, 0.1) is 17.8 Å². The Morgan fingerprint density at radius 3 is 2.54 bits per heavy atom. The van der Waals surface area contributed by atoms with Gasteiger partial charge in [-0.3, -0.25) is 4.79 Å². The van der Waals surface area contributed by atoms with Gasteiger partial charge < -0.3 is 20.1 Å². The second kappa shape index (κ2) is 8.08. The summed E-state index contributed by atoms with van der Waals surface area (Å²) in [5.74, 6) is 2.62. The number of carbonyl (C=O) groups is 1. The van der Waals surface area contributed by atoms with E-state index in [2.05, 4.69) is 0 Å². The van der Waals surface area contributed by atoms with Crippen LogP contribution in [0.1, 0.15) is 19.3 Å². The monoisotopic (exact) mass is 354 g/mol. The second-order valence-electron chi connectivity index (χ2n) is 6.70. The maximum atomic E-state index is 12.7. The van der Waals surface area contributed by atoms with Crippen LogP contribution in [-0.4, -0.2) is 44.2 Å². The molecular formula is C18H27ClN2O3. The van der Waals surface area contributed by atoms with Gasteiger partial charge in [-0.25, -0.2) is 0 Å². The lowest BCUT2D eigenvalue weighted by molar-refractivity contribution is -0.136. The summed E-state index contributed by atoms with van der Waals surface area (Å²) in [5.41, 5.74) is 6.27. The standard InChI is InChI=1S/C18H26N2O3.ClH/c1-20(9-10-23-15-6-4-3-5-14(15)22-2)18(21)16-12-7-8-13(11-12)17(16)19;/h3-6,12-13,16-17H,7-11,19H2,1-2H3;1H. The second-order valence-corrected chi connectivity index (χ2v) is 6.70. The number of carbonyl (C=O) groups excluding carboxylic acids is 1. The SMILES string of the molecule is COc1ccccc1OCCN(C)C(=O)C1C2CCC(C2)C1N.Cl. The first-order valence-electron chi connectivity index (χ1n) is 8.38. The van der Waals surface area contributed by atoms with E-state index in [0.29, 0.717) is 36.5 Å². The van der Waals surface area contributed by atoms with E-state index in [4.69, 9.17) is 15.2 Å². The lowest BCUT2D eigenvalue weighted by atomic mass is 9.84. The van der Waals surface area contributed by atoms with Crippen molar-refractivity contribution in [2.45, 2.75) is 25.3 Å². The molecule has 2 saturated carbocycles. The molecule has 4 atom stereocenters. The number of nitrogens with zero attached hydrogens (tertiary/aromatic N) is 1. The van der Waals surface area contributed by atoms with Gasteiger partial charge in [0.25, 0.3) is 0 Å². The summed E-state index contributed by atoms with van der Waals surface area (Å²) in [6.45, 7) is 0.996. The topological polar surface area (TPSA) is 64.8 Å². The largest absolute Gasteiger partial charge is 0.493 e. The molecule has 0 saturated heterocycles. The van der Waals surface area contributed by atoms with E-state index >= 15 is 0 Å². The zero-order valence-electron chi connectivity index (χ0n) is 14.3. The highest BCUT2D eigenvalue weighted by molar-refractivity contribution is 5.85. The minimum Gasteiger partial charge on any atom is -0.493 e. The average molecular weight is 355 g/mol. The molecule has 1 aromatic carbocycles. The fourth-order valence-electron chi connectivity index (χ4n) is 4.10. The van der Waals surface area contributed by atoms with Crippen LogP contribution in [0.15, 0.2) is 24.3 Å². The quantitative estimate of drug-likeness (QED) is 0.851. The van der Waals surface area contributed by atoms with Crippen molar-refractivity contribution in [2.24, 2.45) is 23.5 Å². The normalized spacial score (nSPS) is 27.5. The van der Waals surface area contributed by atoms with Gasteiger partial charge in [-0.1, -0.05) is 12.1 Å². The Morgan fingerprint density at radius 2 is 1.92 bits per heavy atom. The Hall–Kier alpha value is -1.46. The van der Waals surface area contributed by atoms with Gasteiger partial charge in [-0.15, -0.1) is 12.4 Å². The average Bonchev–Trinajstić information content (AvgIpc) is 3.15. The summed E-state index contributed by atoms with van der Waals surface area (Å²) in [6, 6.07) is 7.57. The van der Waals surface area contributed by atoms with Crippen molar-refractivity contribution in [3.8, 4) is 11.5 Å². The molecule has 134 valence electrons. The van der Waals surface area contributed by atoms with Crippen LogP contribution in [0.5, 0.6) is 11.5 Å². The number of halogens is 1. The van der Waals surface area contributed by atoms with Crippen molar-refractivity contribution in [2.75, 3.05) is 27.3 Å². The molecule has 0 heterocycles. The third-order valence-corrected chi connectivity index (χ3v) is 5.40. The molecular weight excluding hydrogens is 328 g/mol. The highest BCUT2D eigenvalue weighted by atomic mass is 35.5. The van der Waals surface area contributed by atoms with E-state index in [-0.39, 0.29) is 30.3 Å². The van der Waals surface area contributed by atoms with Crippen LogP contribution in [0.2, 0.25) is 0 Å². The van der Waals surface area contributed by atoms with Crippen LogP contribution in [0.4, 0.5) is 0 Å². The number of ether oxygens (including phenoxy) is 2. The summed E-state index contributed by atoms with van der Waals surface area (Å²) in [5, 5.41) is 0. The summed E-state index contributed by atoms with van der Waals surface area (Å²) < 4.78 is 11.0. The minimum absolute atomic E-state index is 0. The summed E-state index contributed by atoms with van der Waals surface area (Å²) in [6.07, 6.45) is 3.47. The number of hydrogen-bond acceptors (Lipinski definition) is 4. The first-order valence-corrected chi connectivity index (χ1v) is 8.38. The van der Waals surface area contributed by atoms with E-state index < -0.39 is 0 Å². The molecule has 24 heavy (non-hydrogen) atoms. The van der Waals surface area contributed by atoms with Crippen LogP contribution < -0.4 is 15.2 Å². The van der Waals surface area contributed by atoms with Gasteiger partial charge in [0.1, 0.15) is 6.61 Å². The Labute approximate surface area is 149 Å². The number of amides is 1. The van der Waals surface area contributed by atoms with Gasteiger partial charge in [0.2, 0.25) is 5.91 Å². The highest BCUT2D eigenvalue weighted by Gasteiger charge is 2.49. The number of fused-ring (bicyclic) bond motifs is 2.